The number of rotatable bonds is 7. The van der Waals surface area contributed by atoms with Crippen molar-refractivity contribution >= 4 is 43.2 Å². The van der Waals surface area contributed by atoms with Gasteiger partial charge in [-0.25, -0.2) is 8.42 Å². The highest BCUT2D eigenvalue weighted by molar-refractivity contribution is 9.10. The summed E-state index contributed by atoms with van der Waals surface area (Å²) in [4.78, 5) is 12.8. The standard InChI is InChI=1S/C18H21BrN2O4S/c1-4-17(18(22)20-14-8-5-7-13(19)11-14)21(26(3,23)24)15-9-6-10-16(12-15)25-2/h5-12,17H,4H2,1-3H3,(H,20,22)/t17-/m1/s1. The zero-order valence-corrected chi connectivity index (χ0v) is 17.2. The summed E-state index contributed by atoms with van der Waals surface area (Å²) in [6.45, 7) is 1.77. The Hall–Kier alpha value is -2.06. The molecule has 0 saturated carbocycles. The largest absolute Gasteiger partial charge is 0.497 e. The van der Waals surface area contributed by atoms with E-state index < -0.39 is 22.0 Å². The molecule has 140 valence electrons. The minimum atomic E-state index is -3.69. The van der Waals surface area contributed by atoms with Crippen molar-refractivity contribution in [1.29, 1.82) is 0 Å². The topological polar surface area (TPSA) is 75.7 Å². The summed E-state index contributed by atoms with van der Waals surface area (Å²) in [5, 5.41) is 2.78. The first-order chi connectivity index (χ1) is 12.3. The number of methoxy groups -OCH3 is 1. The number of halogens is 1. The monoisotopic (exact) mass is 440 g/mol. The lowest BCUT2D eigenvalue weighted by atomic mass is 10.1. The van der Waals surface area contributed by atoms with Gasteiger partial charge in [0.05, 0.1) is 19.1 Å². The van der Waals surface area contributed by atoms with Gasteiger partial charge in [-0.2, -0.15) is 0 Å². The summed E-state index contributed by atoms with van der Waals surface area (Å²) in [7, 11) is -2.19. The molecule has 6 nitrogen and oxygen atoms in total. The van der Waals surface area contributed by atoms with Crippen molar-refractivity contribution in [3.05, 3.63) is 53.0 Å². The van der Waals surface area contributed by atoms with E-state index in [9.17, 15) is 13.2 Å². The third-order valence-corrected chi connectivity index (χ3v) is 5.40. The van der Waals surface area contributed by atoms with E-state index in [4.69, 9.17) is 4.74 Å². The summed E-state index contributed by atoms with van der Waals surface area (Å²) < 4.78 is 32.0. The maximum absolute atomic E-state index is 12.8. The molecular weight excluding hydrogens is 420 g/mol. The third kappa shape index (κ3) is 4.98. The van der Waals surface area contributed by atoms with Crippen LogP contribution >= 0.6 is 15.9 Å². The van der Waals surface area contributed by atoms with Crippen LogP contribution in [0.5, 0.6) is 5.75 Å². The van der Waals surface area contributed by atoms with E-state index in [1.54, 1.807) is 49.4 Å². The summed E-state index contributed by atoms with van der Waals surface area (Å²) in [5.74, 6) is 0.109. The fourth-order valence-electron chi connectivity index (χ4n) is 2.60. The molecule has 0 aliphatic carbocycles. The van der Waals surface area contributed by atoms with Crippen LogP contribution in [0.15, 0.2) is 53.0 Å². The molecule has 0 bridgehead atoms. The Kier molecular flexibility index (Phi) is 6.66. The molecule has 1 atom stereocenters. The number of sulfonamides is 1. The molecule has 0 heterocycles. The average Bonchev–Trinajstić information content (AvgIpc) is 2.58. The van der Waals surface area contributed by atoms with Crippen LogP contribution in [0.1, 0.15) is 13.3 Å². The second kappa shape index (κ2) is 8.55. The van der Waals surface area contributed by atoms with Gasteiger partial charge in [-0.05, 0) is 36.8 Å². The zero-order valence-electron chi connectivity index (χ0n) is 14.8. The van der Waals surface area contributed by atoms with Crippen LogP contribution in [0.3, 0.4) is 0 Å². The molecule has 0 aliphatic heterocycles. The number of benzene rings is 2. The van der Waals surface area contributed by atoms with Crippen molar-refractivity contribution < 1.29 is 17.9 Å². The van der Waals surface area contributed by atoms with E-state index in [1.807, 2.05) is 6.07 Å². The molecule has 26 heavy (non-hydrogen) atoms. The van der Waals surface area contributed by atoms with Crippen molar-refractivity contribution in [3.63, 3.8) is 0 Å². The highest BCUT2D eigenvalue weighted by Crippen LogP contribution is 2.27. The average molecular weight is 441 g/mol. The molecule has 0 aromatic heterocycles. The third-order valence-electron chi connectivity index (χ3n) is 3.73. The first-order valence-electron chi connectivity index (χ1n) is 7.96. The molecule has 0 aliphatic rings. The SMILES string of the molecule is CC[C@H](C(=O)Nc1cccc(Br)c1)N(c1cccc(OC)c1)S(C)(=O)=O. The van der Waals surface area contributed by atoms with Crippen LogP contribution in [0, 0.1) is 0 Å². The van der Waals surface area contributed by atoms with E-state index in [0.29, 0.717) is 23.5 Å². The van der Waals surface area contributed by atoms with Crippen LogP contribution in [-0.4, -0.2) is 33.7 Å². The molecule has 0 spiro atoms. The summed E-state index contributed by atoms with van der Waals surface area (Å²) in [6.07, 6.45) is 1.39. The normalized spacial score (nSPS) is 12.3. The Morgan fingerprint density at radius 3 is 2.50 bits per heavy atom. The van der Waals surface area contributed by atoms with Crippen molar-refractivity contribution in [2.24, 2.45) is 0 Å². The Labute approximate surface area is 162 Å². The Morgan fingerprint density at radius 2 is 1.92 bits per heavy atom. The van der Waals surface area contributed by atoms with Gasteiger partial charge in [0, 0.05) is 16.2 Å². The second-order valence-electron chi connectivity index (χ2n) is 5.68. The molecule has 0 saturated heterocycles. The van der Waals surface area contributed by atoms with Crippen molar-refractivity contribution in [2.45, 2.75) is 19.4 Å². The first-order valence-corrected chi connectivity index (χ1v) is 10.6. The van der Waals surface area contributed by atoms with E-state index in [1.165, 1.54) is 7.11 Å². The van der Waals surface area contributed by atoms with E-state index >= 15 is 0 Å². The number of amides is 1. The predicted octanol–water partition coefficient (Wildman–Crippen LogP) is 3.64. The lowest BCUT2D eigenvalue weighted by Crippen LogP contribution is -2.47. The molecule has 0 fully saturated rings. The highest BCUT2D eigenvalue weighted by Gasteiger charge is 2.31. The van der Waals surface area contributed by atoms with Crippen LogP contribution in [0.25, 0.3) is 0 Å². The quantitative estimate of drug-likeness (QED) is 0.712. The van der Waals surface area contributed by atoms with Crippen molar-refractivity contribution in [2.75, 3.05) is 23.0 Å². The maximum Gasteiger partial charge on any atom is 0.248 e. The molecular formula is C18H21BrN2O4S. The van der Waals surface area contributed by atoms with Gasteiger partial charge in [-0.15, -0.1) is 0 Å². The Morgan fingerprint density at radius 1 is 1.23 bits per heavy atom. The van der Waals surface area contributed by atoms with Gasteiger partial charge in [0.25, 0.3) is 0 Å². The van der Waals surface area contributed by atoms with Crippen LogP contribution in [0.2, 0.25) is 0 Å². The van der Waals surface area contributed by atoms with E-state index in [-0.39, 0.29) is 0 Å². The van der Waals surface area contributed by atoms with Crippen molar-refractivity contribution in [3.8, 4) is 5.75 Å². The maximum atomic E-state index is 12.8. The molecule has 0 unspecified atom stereocenters. The Bertz CT molecular complexity index is 886. The number of anilines is 2. The van der Waals surface area contributed by atoms with Gasteiger partial charge in [0.1, 0.15) is 11.8 Å². The zero-order chi connectivity index (χ0) is 19.3. The lowest BCUT2D eigenvalue weighted by molar-refractivity contribution is -0.117. The van der Waals surface area contributed by atoms with Gasteiger partial charge in [0.15, 0.2) is 0 Å². The summed E-state index contributed by atoms with van der Waals surface area (Å²) in [6, 6.07) is 12.9. The number of hydrogen-bond acceptors (Lipinski definition) is 4. The van der Waals surface area contributed by atoms with Gasteiger partial charge in [-0.1, -0.05) is 35.0 Å². The predicted molar refractivity (Wildman–Crippen MR) is 107 cm³/mol. The number of ether oxygens (including phenoxy) is 1. The van der Waals surface area contributed by atoms with Crippen LogP contribution in [-0.2, 0) is 14.8 Å². The molecule has 0 radical (unpaired) electrons. The van der Waals surface area contributed by atoms with Gasteiger partial charge < -0.3 is 10.1 Å². The van der Waals surface area contributed by atoms with Crippen LogP contribution in [0.4, 0.5) is 11.4 Å². The van der Waals surface area contributed by atoms with Crippen molar-refractivity contribution in [1.82, 2.24) is 0 Å². The minimum absolute atomic E-state index is 0.310. The molecule has 8 heteroatoms. The lowest BCUT2D eigenvalue weighted by Gasteiger charge is -2.30. The summed E-state index contributed by atoms with van der Waals surface area (Å²) >= 11 is 3.35. The number of nitrogens with one attached hydrogen (secondary N) is 1. The summed E-state index contributed by atoms with van der Waals surface area (Å²) in [5.41, 5.74) is 0.963. The molecule has 2 aromatic rings. The fraction of sp³-hybridized carbons (Fsp3) is 0.278. The molecule has 2 aromatic carbocycles. The van der Waals surface area contributed by atoms with Crippen LogP contribution < -0.4 is 14.4 Å². The Balaban J connectivity index is 2.39. The smallest absolute Gasteiger partial charge is 0.248 e. The number of nitrogens with zero attached hydrogens (tertiary/aromatic N) is 1. The molecule has 2 rings (SSSR count). The van der Waals surface area contributed by atoms with Gasteiger partial charge in [-0.3, -0.25) is 9.10 Å². The highest BCUT2D eigenvalue weighted by atomic mass is 79.9. The van der Waals surface area contributed by atoms with E-state index in [0.717, 1.165) is 15.0 Å². The second-order valence-corrected chi connectivity index (χ2v) is 8.46. The van der Waals surface area contributed by atoms with Gasteiger partial charge in [0.2, 0.25) is 15.9 Å². The number of carbonyl (C=O) groups excluding carboxylic acids is 1. The molecule has 1 N–H and O–H groups in total. The van der Waals surface area contributed by atoms with Gasteiger partial charge >= 0.3 is 0 Å². The number of hydrogen-bond donors (Lipinski definition) is 1. The van der Waals surface area contributed by atoms with E-state index in [2.05, 4.69) is 21.2 Å². The minimum Gasteiger partial charge on any atom is -0.497 e. The molecule has 1 amide bonds. The first kappa shape index (κ1) is 20.3. The fourth-order valence-corrected chi connectivity index (χ4v) is 4.20. The number of carbonyl (C=O) groups is 1.